The molecular formula is C80H74N2. The second kappa shape index (κ2) is 19.5. The van der Waals surface area contributed by atoms with E-state index in [9.17, 15) is 0 Å². The summed E-state index contributed by atoms with van der Waals surface area (Å²) in [4.78, 5) is 2.51. The first-order valence-electron chi connectivity index (χ1n) is 29.4. The molecule has 0 aliphatic rings. The van der Waals surface area contributed by atoms with Gasteiger partial charge in [-0.1, -0.05) is 253 Å². The van der Waals surface area contributed by atoms with Crippen LogP contribution in [0.4, 0.5) is 17.1 Å². The van der Waals surface area contributed by atoms with E-state index in [0.717, 1.165) is 28.2 Å². The van der Waals surface area contributed by atoms with Crippen molar-refractivity contribution in [3.05, 3.63) is 253 Å². The summed E-state index contributed by atoms with van der Waals surface area (Å²) in [5.74, 6) is 0. The molecule has 0 spiro atoms. The van der Waals surface area contributed by atoms with Crippen molar-refractivity contribution in [3.63, 3.8) is 0 Å². The maximum absolute atomic E-state index is 2.51. The smallest absolute Gasteiger partial charge is 0.0541 e. The number of aromatic nitrogens is 1. The average molecular weight is 1060 g/mol. The van der Waals surface area contributed by atoms with Crippen LogP contribution in [0.15, 0.2) is 231 Å². The largest absolute Gasteiger partial charge is 0.310 e. The molecule has 0 N–H and O–H groups in total. The van der Waals surface area contributed by atoms with E-state index in [2.05, 4.69) is 323 Å². The van der Waals surface area contributed by atoms with Crippen LogP contribution in [0.25, 0.3) is 104 Å². The summed E-state index contributed by atoms with van der Waals surface area (Å²) in [5.41, 5.74) is 22.0. The predicted molar refractivity (Wildman–Crippen MR) is 356 cm³/mol. The Balaban J connectivity index is 0.996. The number of anilines is 3. The number of hydrogen-bond acceptors (Lipinski definition) is 1. The van der Waals surface area contributed by atoms with Gasteiger partial charge in [-0.2, -0.15) is 0 Å². The second-order valence-corrected chi connectivity index (χ2v) is 27.2. The molecular weight excluding hydrogens is 989 g/mol. The van der Waals surface area contributed by atoms with Gasteiger partial charge in [-0.05, 0) is 171 Å². The Bertz CT molecular complexity index is 4330. The summed E-state index contributed by atoms with van der Waals surface area (Å²) in [6.07, 6.45) is 0. The van der Waals surface area contributed by atoms with Gasteiger partial charge in [0.1, 0.15) is 0 Å². The third-order valence-corrected chi connectivity index (χ3v) is 17.3. The molecule has 13 aromatic rings. The van der Waals surface area contributed by atoms with Gasteiger partial charge < -0.3 is 9.47 Å². The van der Waals surface area contributed by atoms with Crippen LogP contribution >= 0.6 is 0 Å². The van der Waals surface area contributed by atoms with Gasteiger partial charge in [-0.25, -0.2) is 0 Å². The van der Waals surface area contributed by atoms with Gasteiger partial charge in [0.15, 0.2) is 0 Å². The van der Waals surface area contributed by atoms with E-state index >= 15 is 0 Å². The highest BCUT2D eigenvalue weighted by molar-refractivity contribution is 6.27. The van der Waals surface area contributed by atoms with Crippen LogP contribution < -0.4 is 4.90 Å². The molecule has 82 heavy (non-hydrogen) atoms. The molecule has 0 bridgehead atoms. The van der Waals surface area contributed by atoms with Gasteiger partial charge in [0.2, 0.25) is 0 Å². The maximum atomic E-state index is 2.51. The zero-order valence-electron chi connectivity index (χ0n) is 49.8. The number of hydrogen-bond donors (Lipinski definition) is 0. The second-order valence-electron chi connectivity index (χ2n) is 27.2. The lowest BCUT2D eigenvalue weighted by Gasteiger charge is -2.29. The summed E-state index contributed by atoms with van der Waals surface area (Å²) in [6.45, 7) is 27.8. The Hall–Kier alpha value is -8.72. The van der Waals surface area contributed by atoms with Crippen molar-refractivity contribution >= 4 is 71.2 Å². The number of fused-ring (bicyclic) bond motifs is 3. The minimum Gasteiger partial charge on any atom is -0.310 e. The van der Waals surface area contributed by atoms with Crippen LogP contribution in [0.1, 0.15) is 105 Å². The highest BCUT2D eigenvalue weighted by Crippen LogP contribution is 2.48. The summed E-state index contributed by atoms with van der Waals surface area (Å²) in [6, 6.07) is 87.5. The van der Waals surface area contributed by atoms with Gasteiger partial charge in [-0.15, -0.1) is 0 Å². The van der Waals surface area contributed by atoms with Crippen molar-refractivity contribution in [2.45, 2.75) is 105 Å². The fourth-order valence-corrected chi connectivity index (χ4v) is 12.5. The van der Waals surface area contributed by atoms with E-state index in [1.165, 1.54) is 115 Å². The monoisotopic (exact) mass is 1060 g/mol. The SMILES string of the molecule is CC(C)(C)c1cc(-c2cccc(-c3cccc(N(c4cccc(-c5cccc(-c6cc(C(C)(C)C)cc(C(C)(C)C)c6)c5)c4)c4ccc5ccc6c(-n7c8ccccc8c8ccccc87)ccc7ccc4c5c76)c3)c2)cc(C(C)(C)C)c1. The molecule has 2 heteroatoms. The van der Waals surface area contributed by atoms with Crippen LogP contribution in [-0.4, -0.2) is 4.57 Å². The third kappa shape index (κ3) is 9.42. The molecule has 0 aliphatic heterocycles. The minimum atomic E-state index is 0.0134. The van der Waals surface area contributed by atoms with E-state index in [-0.39, 0.29) is 21.7 Å². The quantitative estimate of drug-likeness (QED) is 0.138. The zero-order valence-corrected chi connectivity index (χ0v) is 49.8. The summed E-state index contributed by atoms with van der Waals surface area (Å²) < 4.78 is 2.47. The molecule has 0 amide bonds. The molecule has 0 fully saturated rings. The number of nitrogens with zero attached hydrogens (tertiary/aromatic N) is 2. The van der Waals surface area contributed by atoms with Gasteiger partial charge >= 0.3 is 0 Å². The summed E-state index contributed by atoms with van der Waals surface area (Å²) in [7, 11) is 0. The lowest BCUT2D eigenvalue weighted by atomic mass is 9.79. The highest BCUT2D eigenvalue weighted by atomic mass is 15.1. The molecule has 0 radical (unpaired) electrons. The molecule has 0 unspecified atom stereocenters. The van der Waals surface area contributed by atoms with E-state index < -0.39 is 0 Å². The highest BCUT2D eigenvalue weighted by Gasteiger charge is 2.25. The Morgan fingerprint density at radius 1 is 0.268 bits per heavy atom. The van der Waals surface area contributed by atoms with Crippen LogP contribution in [0.3, 0.4) is 0 Å². The molecule has 13 rings (SSSR count). The van der Waals surface area contributed by atoms with Crippen LogP contribution in [0.5, 0.6) is 0 Å². The lowest BCUT2D eigenvalue weighted by Crippen LogP contribution is -2.16. The maximum Gasteiger partial charge on any atom is 0.0541 e. The summed E-state index contributed by atoms with van der Waals surface area (Å²) in [5, 5.41) is 9.97. The number of rotatable bonds is 8. The topological polar surface area (TPSA) is 8.17 Å². The first kappa shape index (κ1) is 52.6. The zero-order chi connectivity index (χ0) is 57.0. The first-order valence-corrected chi connectivity index (χ1v) is 29.4. The molecule has 0 saturated carbocycles. The predicted octanol–water partition coefficient (Wildman–Crippen LogP) is 23.0. The Kier molecular flexibility index (Phi) is 12.5. The number of para-hydroxylation sites is 2. The molecule has 1 heterocycles. The van der Waals surface area contributed by atoms with E-state index in [0.29, 0.717) is 0 Å². The molecule has 404 valence electrons. The lowest BCUT2D eigenvalue weighted by molar-refractivity contribution is 0.568. The van der Waals surface area contributed by atoms with Gasteiger partial charge in [0.25, 0.3) is 0 Å². The normalized spacial score (nSPS) is 12.6. The van der Waals surface area contributed by atoms with Crippen molar-refractivity contribution in [2.75, 3.05) is 4.90 Å². The van der Waals surface area contributed by atoms with Crippen LogP contribution in [0.2, 0.25) is 0 Å². The molecule has 0 saturated heterocycles. The van der Waals surface area contributed by atoms with Crippen molar-refractivity contribution in [3.8, 4) is 50.2 Å². The van der Waals surface area contributed by atoms with Crippen molar-refractivity contribution in [1.29, 1.82) is 0 Å². The molecule has 1 aromatic heterocycles. The molecule has 0 aliphatic carbocycles. The van der Waals surface area contributed by atoms with E-state index in [1.807, 2.05) is 0 Å². The van der Waals surface area contributed by atoms with Gasteiger partial charge in [0.05, 0.1) is 22.4 Å². The Morgan fingerprint density at radius 3 is 1.06 bits per heavy atom. The minimum absolute atomic E-state index is 0.0134. The molecule has 12 aromatic carbocycles. The van der Waals surface area contributed by atoms with Crippen molar-refractivity contribution in [2.24, 2.45) is 0 Å². The number of benzene rings is 12. The van der Waals surface area contributed by atoms with Crippen LogP contribution in [0, 0.1) is 0 Å². The molecule has 0 atom stereocenters. The van der Waals surface area contributed by atoms with E-state index in [1.54, 1.807) is 0 Å². The Morgan fingerprint density at radius 2 is 0.622 bits per heavy atom. The van der Waals surface area contributed by atoms with Gasteiger partial charge in [0, 0.05) is 32.9 Å². The third-order valence-electron chi connectivity index (χ3n) is 17.3. The first-order chi connectivity index (χ1) is 39.2. The molecule has 2 nitrogen and oxygen atoms in total. The van der Waals surface area contributed by atoms with Crippen LogP contribution in [-0.2, 0) is 21.7 Å². The van der Waals surface area contributed by atoms with Crippen molar-refractivity contribution in [1.82, 2.24) is 4.57 Å². The average Bonchev–Trinajstić information content (AvgIpc) is 3.85. The summed E-state index contributed by atoms with van der Waals surface area (Å²) >= 11 is 0. The van der Waals surface area contributed by atoms with E-state index in [4.69, 9.17) is 0 Å². The van der Waals surface area contributed by atoms with Crippen molar-refractivity contribution < 1.29 is 0 Å². The van der Waals surface area contributed by atoms with Gasteiger partial charge in [-0.3, -0.25) is 0 Å². The standard InChI is InChI=1S/C80H74N2/c1-77(2,3)61-43-59(44-62(49-61)78(4,5)6)55-23-17-21-53(41-55)57-25-19-27-65(47-57)81(66-28-20-26-58(48-66)54-22-18-24-56(42-54)60-45-63(79(7,8)9)50-64(46-60)80(10,11)12)73-39-35-51-34-38-70-74(40-36-52-33-37-69(73)75(51)76(52)70)82-71-31-15-13-29-67(71)68-30-14-16-32-72(68)82/h13-50H,1-12H3. The fourth-order valence-electron chi connectivity index (χ4n) is 12.5. The Labute approximate surface area is 485 Å². The fraction of sp³-hybridized carbons (Fsp3) is 0.200.